The lowest BCUT2D eigenvalue weighted by Crippen LogP contribution is -2.30. The van der Waals surface area contributed by atoms with Crippen LogP contribution in [0.1, 0.15) is 84.0 Å². The van der Waals surface area contributed by atoms with Crippen LogP contribution in [0.25, 0.3) is 0 Å². The summed E-state index contributed by atoms with van der Waals surface area (Å²) in [4.78, 5) is 11.3. The fourth-order valence-electron chi connectivity index (χ4n) is 3.18. The highest BCUT2D eigenvalue weighted by molar-refractivity contribution is 5.72. The predicted octanol–water partition coefficient (Wildman–Crippen LogP) is 4.78. The van der Waals surface area contributed by atoms with Gasteiger partial charge < -0.3 is 9.84 Å². The molecular formula is C19H34O3. The van der Waals surface area contributed by atoms with Crippen LogP contribution in [0.5, 0.6) is 0 Å². The molecule has 128 valence electrons. The van der Waals surface area contributed by atoms with Crippen LogP contribution >= 0.6 is 0 Å². The molecule has 1 saturated heterocycles. The smallest absolute Gasteiger partial charge is 0.306 e. The average molecular weight is 310 g/mol. The number of rotatable bonds is 13. The number of unbranched alkanes of at least 4 members (excludes halogenated alkanes) is 9. The van der Waals surface area contributed by atoms with Crippen LogP contribution in [-0.4, -0.2) is 23.3 Å². The molecule has 3 nitrogen and oxygen atoms in total. The summed E-state index contributed by atoms with van der Waals surface area (Å²) in [6, 6.07) is 0. The highest BCUT2D eigenvalue weighted by Crippen LogP contribution is 2.27. The van der Waals surface area contributed by atoms with Gasteiger partial charge in [-0.1, -0.05) is 77.2 Å². The summed E-state index contributed by atoms with van der Waals surface area (Å²) in [6.07, 6.45) is 14.8. The van der Waals surface area contributed by atoms with Gasteiger partial charge in [0.25, 0.3) is 0 Å². The SMILES string of the molecule is C=C[C@H]1CC(=O)O[C@@H]1[C@@H](O)CCCCCCCCCCCC. The Labute approximate surface area is 136 Å². The van der Waals surface area contributed by atoms with Crippen molar-refractivity contribution in [2.75, 3.05) is 0 Å². The normalized spacial score (nSPS) is 22.5. The van der Waals surface area contributed by atoms with Crippen LogP contribution in [0, 0.1) is 5.92 Å². The maximum Gasteiger partial charge on any atom is 0.306 e. The van der Waals surface area contributed by atoms with Gasteiger partial charge in [-0.2, -0.15) is 0 Å². The number of aliphatic hydroxyl groups is 1. The molecule has 0 spiro atoms. The van der Waals surface area contributed by atoms with Crippen molar-refractivity contribution >= 4 is 5.97 Å². The van der Waals surface area contributed by atoms with Gasteiger partial charge in [0.1, 0.15) is 6.10 Å². The summed E-state index contributed by atoms with van der Waals surface area (Å²) < 4.78 is 5.21. The van der Waals surface area contributed by atoms with Gasteiger partial charge >= 0.3 is 5.97 Å². The maximum atomic E-state index is 11.3. The van der Waals surface area contributed by atoms with Crippen LogP contribution < -0.4 is 0 Å². The van der Waals surface area contributed by atoms with E-state index in [2.05, 4.69) is 13.5 Å². The Balaban J connectivity index is 1.98. The van der Waals surface area contributed by atoms with Gasteiger partial charge in [0.05, 0.1) is 12.5 Å². The molecule has 0 aromatic carbocycles. The largest absolute Gasteiger partial charge is 0.459 e. The Morgan fingerprint density at radius 3 is 2.23 bits per heavy atom. The minimum absolute atomic E-state index is 0.0226. The number of carbonyl (C=O) groups excluding carboxylic acids is 1. The van der Waals surface area contributed by atoms with E-state index in [1.807, 2.05) is 0 Å². The molecule has 0 aromatic heterocycles. The molecule has 0 amide bonds. The molecule has 1 aliphatic rings. The van der Waals surface area contributed by atoms with Crippen molar-refractivity contribution in [3.63, 3.8) is 0 Å². The Bertz CT molecular complexity index is 314. The van der Waals surface area contributed by atoms with E-state index in [9.17, 15) is 9.90 Å². The van der Waals surface area contributed by atoms with E-state index in [0.717, 1.165) is 19.3 Å². The number of esters is 1. The second-order valence-electron chi connectivity index (χ2n) is 6.60. The molecule has 3 atom stereocenters. The molecule has 22 heavy (non-hydrogen) atoms. The van der Waals surface area contributed by atoms with E-state index in [1.165, 1.54) is 51.4 Å². The lowest BCUT2D eigenvalue weighted by molar-refractivity contribution is -0.145. The fraction of sp³-hybridized carbons (Fsp3) is 0.842. The van der Waals surface area contributed by atoms with Crippen LogP contribution in [0.15, 0.2) is 12.7 Å². The molecule has 0 unspecified atom stereocenters. The quantitative estimate of drug-likeness (QED) is 0.302. The molecule has 0 aromatic rings. The van der Waals surface area contributed by atoms with Gasteiger partial charge in [0.2, 0.25) is 0 Å². The molecular weight excluding hydrogens is 276 g/mol. The van der Waals surface area contributed by atoms with E-state index < -0.39 is 6.10 Å². The number of carbonyl (C=O) groups is 1. The lowest BCUT2D eigenvalue weighted by Gasteiger charge is -2.20. The zero-order chi connectivity index (χ0) is 16.2. The molecule has 0 bridgehead atoms. The molecule has 1 rings (SSSR count). The minimum atomic E-state index is -0.538. The molecule has 1 aliphatic heterocycles. The topological polar surface area (TPSA) is 46.5 Å². The van der Waals surface area contributed by atoms with Crippen molar-refractivity contribution < 1.29 is 14.6 Å². The summed E-state index contributed by atoms with van der Waals surface area (Å²) in [5.41, 5.74) is 0. The summed E-state index contributed by atoms with van der Waals surface area (Å²) in [7, 11) is 0. The number of ether oxygens (including phenoxy) is 1. The average Bonchev–Trinajstić information content (AvgIpc) is 2.90. The predicted molar refractivity (Wildman–Crippen MR) is 90.7 cm³/mol. The van der Waals surface area contributed by atoms with Crippen molar-refractivity contribution in [2.45, 2.75) is 96.2 Å². The summed E-state index contributed by atoms with van der Waals surface area (Å²) in [6.45, 7) is 5.97. The zero-order valence-electron chi connectivity index (χ0n) is 14.3. The first kappa shape index (κ1) is 19.2. The standard InChI is InChI=1S/C19H34O3/c1-3-5-6-7-8-9-10-11-12-13-14-17(20)19-16(4-2)15-18(21)22-19/h4,16-17,19-20H,2-3,5-15H2,1H3/t16-,17-,19-/m0/s1. The van der Waals surface area contributed by atoms with Gasteiger partial charge in [-0.25, -0.2) is 0 Å². The summed E-state index contributed by atoms with van der Waals surface area (Å²) >= 11 is 0. The third-order valence-corrected chi connectivity index (χ3v) is 4.63. The van der Waals surface area contributed by atoms with Gasteiger partial charge in [-0.3, -0.25) is 4.79 Å². The highest BCUT2D eigenvalue weighted by Gasteiger charge is 2.37. The summed E-state index contributed by atoms with van der Waals surface area (Å²) in [5, 5.41) is 10.2. The molecule has 1 heterocycles. The Kier molecular flexibility index (Phi) is 10.2. The first-order valence-electron chi connectivity index (χ1n) is 9.19. The summed E-state index contributed by atoms with van der Waals surface area (Å²) in [5.74, 6) is -0.234. The lowest BCUT2D eigenvalue weighted by atomic mass is 9.94. The van der Waals surface area contributed by atoms with E-state index >= 15 is 0 Å². The first-order chi connectivity index (χ1) is 10.7. The Morgan fingerprint density at radius 1 is 1.14 bits per heavy atom. The Morgan fingerprint density at radius 2 is 1.68 bits per heavy atom. The van der Waals surface area contributed by atoms with Gasteiger partial charge in [0.15, 0.2) is 0 Å². The first-order valence-corrected chi connectivity index (χ1v) is 9.19. The molecule has 0 saturated carbocycles. The molecule has 1 fully saturated rings. The number of hydrogen-bond acceptors (Lipinski definition) is 3. The van der Waals surface area contributed by atoms with E-state index in [0.29, 0.717) is 6.42 Å². The molecule has 0 radical (unpaired) electrons. The van der Waals surface area contributed by atoms with Crippen molar-refractivity contribution in [1.29, 1.82) is 0 Å². The van der Waals surface area contributed by atoms with Gasteiger partial charge in [-0.15, -0.1) is 6.58 Å². The fourth-order valence-corrected chi connectivity index (χ4v) is 3.18. The number of aliphatic hydroxyl groups excluding tert-OH is 1. The van der Waals surface area contributed by atoms with Crippen molar-refractivity contribution in [1.82, 2.24) is 0 Å². The second kappa shape index (κ2) is 11.7. The third-order valence-electron chi connectivity index (χ3n) is 4.63. The minimum Gasteiger partial charge on any atom is -0.459 e. The second-order valence-corrected chi connectivity index (χ2v) is 6.60. The van der Waals surface area contributed by atoms with Crippen LogP contribution in [0.4, 0.5) is 0 Å². The van der Waals surface area contributed by atoms with E-state index in [-0.39, 0.29) is 18.0 Å². The van der Waals surface area contributed by atoms with Gasteiger partial charge in [-0.05, 0) is 6.42 Å². The zero-order valence-corrected chi connectivity index (χ0v) is 14.3. The molecule has 0 aliphatic carbocycles. The number of hydrogen-bond donors (Lipinski definition) is 1. The van der Waals surface area contributed by atoms with Crippen molar-refractivity contribution in [2.24, 2.45) is 5.92 Å². The van der Waals surface area contributed by atoms with Crippen LogP contribution in [0.2, 0.25) is 0 Å². The molecule has 3 heteroatoms. The van der Waals surface area contributed by atoms with E-state index in [4.69, 9.17) is 4.74 Å². The number of cyclic esters (lactones) is 1. The maximum absolute atomic E-state index is 11.3. The van der Waals surface area contributed by atoms with Crippen molar-refractivity contribution in [3.8, 4) is 0 Å². The van der Waals surface area contributed by atoms with Crippen LogP contribution in [0.3, 0.4) is 0 Å². The van der Waals surface area contributed by atoms with Gasteiger partial charge in [0, 0.05) is 5.92 Å². The highest BCUT2D eigenvalue weighted by atomic mass is 16.6. The van der Waals surface area contributed by atoms with Crippen LogP contribution in [-0.2, 0) is 9.53 Å². The Hall–Kier alpha value is -0.830. The monoisotopic (exact) mass is 310 g/mol. The van der Waals surface area contributed by atoms with E-state index in [1.54, 1.807) is 6.08 Å². The third kappa shape index (κ3) is 7.44. The molecule has 1 N–H and O–H groups in total. The van der Waals surface area contributed by atoms with Crippen molar-refractivity contribution in [3.05, 3.63) is 12.7 Å².